The molecule has 2 atom stereocenters. The van der Waals surface area contributed by atoms with E-state index in [1.165, 1.54) is 16.4 Å². The average molecular weight is 494 g/mol. The maximum absolute atomic E-state index is 13.4. The van der Waals surface area contributed by atoms with Crippen LogP contribution in [0.3, 0.4) is 0 Å². The lowest BCUT2D eigenvalue weighted by Crippen LogP contribution is -2.48. The quantitative estimate of drug-likeness (QED) is 0.599. The summed E-state index contributed by atoms with van der Waals surface area (Å²) in [6.07, 6.45) is 0.875. The molecule has 3 aliphatic rings. The number of nitrogens with one attached hydrogen (secondary N) is 1. The number of piperidine rings is 1. The van der Waals surface area contributed by atoms with E-state index in [1.807, 2.05) is 6.07 Å². The van der Waals surface area contributed by atoms with Crippen molar-refractivity contribution in [2.75, 3.05) is 25.2 Å². The number of anilines is 1. The summed E-state index contributed by atoms with van der Waals surface area (Å²) < 4.78 is 40.7. The molecule has 6 rings (SSSR count). The van der Waals surface area contributed by atoms with E-state index in [0.717, 1.165) is 12.1 Å². The van der Waals surface area contributed by atoms with Crippen LogP contribution in [0.2, 0.25) is 0 Å². The standard InChI is InChI=1S/C25H23N3O6S/c29-24-3-1-2-21-18-10-16(13-28(21)24)12-27(14-18)35(31,32)20-7-5-19(6-8-20)26-25(30)17-4-9-22-23(11-17)34-15-33-22/h1-9,11,16,18H,10,12-15H2,(H,26,30). The molecule has 1 amide bonds. The molecule has 0 saturated carbocycles. The number of aromatic nitrogens is 1. The third kappa shape index (κ3) is 3.88. The van der Waals surface area contributed by atoms with Gasteiger partial charge in [-0.25, -0.2) is 8.42 Å². The number of carbonyl (C=O) groups excluding carboxylic acids is 1. The SMILES string of the molecule is O=C(Nc1ccc(S(=O)(=O)N2CC3CC(C2)c2cccc(=O)n2C3)cc1)c1ccc2c(c1)OCO2. The summed E-state index contributed by atoms with van der Waals surface area (Å²) in [5.41, 5.74) is 1.75. The number of hydrogen-bond acceptors (Lipinski definition) is 6. The van der Waals surface area contributed by atoms with E-state index in [4.69, 9.17) is 9.47 Å². The normalized spacial score (nSPS) is 20.8. The minimum absolute atomic E-state index is 0.00793. The highest BCUT2D eigenvalue weighted by Crippen LogP contribution is 2.37. The fraction of sp³-hybridized carbons (Fsp3) is 0.280. The smallest absolute Gasteiger partial charge is 0.255 e. The number of fused-ring (bicyclic) bond motifs is 5. The predicted octanol–water partition coefficient (Wildman–Crippen LogP) is 2.64. The van der Waals surface area contributed by atoms with Crippen LogP contribution in [-0.2, 0) is 16.6 Å². The van der Waals surface area contributed by atoms with Crippen LogP contribution in [0.15, 0.2) is 70.4 Å². The molecule has 35 heavy (non-hydrogen) atoms. The Balaban J connectivity index is 1.18. The second-order valence-corrected chi connectivity index (χ2v) is 11.0. The second-order valence-electron chi connectivity index (χ2n) is 9.07. The molecule has 10 heteroatoms. The molecule has 1 fully saturated rings. The third-order valence-corrected chi connectivity index (χ3v) is 8.68. The van der Waals surface area contributed by atoms with Crippen LogP contribution in [0.5, 0.6) is 11.5 Å². The third-order valence-electron chi connectivity index (χ3n) is 6.83. The van der Waals surface area contributed by atoms with E-state index < -0.39 is 10.0 Å². The molecule has 9 nitrogen and oxygen atoms in total. The number of rotatable bonds is 4. The highest BCUT2D eigenvalue weighted by atomic mass is 32.2. The molecule has 2 bridgehead atoms. The summed E-state index contributed by atoms with van der Waals surface area (Å²) in [6, 6.07) is 16.3. The van der Waals surface area contributed by atoms with Gasteiger partial charge in [0.2, 0.25) is 16.8 Å². The minimum atomic E-state index is -3.72. The van der Waals surface area contributed by atoms with Crippen LogP contribution in [0.4, 0.5) is 5.69 Å². The van der Waals surface area contributed by atoms with Gasteiger partial charge in [0.25, 0.3) is 11.5 Å². The zero-order valence-electron chi connectivity index (χ0n) is 18.7. The predicted molar refractivity (Wildman–Crippen MR) is 127 cm³/mol. The number of sulfonamides is 1. The van der Waals surface area contributed by atoms with E-state index in [-0.39, 0.29) is 35.0 Å². The Bertz CT molecular complexity index is 1480. The Kier molecular flexibility index (Phi) is 5.15. The van der Waals surface area contributed by atoms with Gasteiger partial charge in [0, 0.05) is 48.6 Å². The van der Waals surface area contributed by atoms with Gasteiger partial charge in [-0.1, -0.05) is 6.07 Å². The van der Waals surface area contributed by atoms with Gasteiger partial charge in [0.1, 0.15) is 0 Å². The van der Waals surface area contributed by atoms with Crippen molar-refractivity contribution in [1.29, 1.82) is 0 Å². The van der Waals surface area contributed by atoms with Crippen LogP contribution in [-0.4, -0.2) is 43.1 Å². The monoisotopic (exact) mass is 493 g/mol. The molecule has 1 saturated heterocycles. The summed E-state index contributed by atoms with van der Waals surface area (Å²) in [5.74, 6) is 0.853. The summed E-state index contributed by atoms with van der Waals surface area (Å²) >= 11 is 0. The Morgan fingerprint density at radius 2 is 1.74 bits per heavy atom. The molecular formula is C25H23N3O6S. The molecule has 1 aromatic heterocycles. The average Bonchev–Trinajstić information content (AvgIpc) is 3.33. The Hall–Kier alpha value is -3.63. The summed E-state index contributed by atoms with van der Waals surface area (Å²) in [5, 5.41) is 2.78. The van der Waals surface area contributed by atoms with Crippen LogP contribution < -0.4 is 20.3 Å². The van der Waals surface area contributed by atoms with Crippen molar-refractivity contribution in [2.45, 2.75) is 23.8 Å². The highest BCUT2D eigenvalue weighted by Gasteiger charge is 2.39. The maximum atomic E-state index is 13.4. The van der Waals surface area contributed by atoms with Crippen LogP contribution in [0, 0.1) is 5.92 Å². The van der Waals surface area contributed by atoms with Gasteiger partial charge in [0.15, 0.2) is 11.5 Å². The largest absolute Gasteiger partial charge is 0.454 e. The van der Waals surface area contributed by atoms with Crippen molar-refractivity contribution in [3.05, 3.63) is 82.3 Å². The number of carbonyl (C=O) groups is 1. The van der Waals surface area contributed by atoms with E-state index >= 15 is 0 Å². The summed E-state index contributed by atoms with van der Waals surface area (Å²) in [7, 11) is -3.72. The first-order valence-corrected chi connectivity index (χ1v) is 12.8. The summed E-state index contributed by atoms with van der Waals surface area (Å²) in [6.45, 7) is 1.37. The number of benzene rings is 2. The Morgan fingerprint density at radius 1 is 0.943 bits per heavy atom. The molecule has 3 aliphatic heterocycles. The molecule has 2 aromatic carbocycles. The maximum Gasteiger partial charge on any atom is 0.255 e. The van der Waals surface area contributed by atoms with Crippen molar-refractivity contribution in [3.8, 4) is 11.5 Å². The van der Waals surface area contributed by atoms with Gasteiger partial charge in [0.05, 0.1) is 4.90 Å². The fourth-order valence-corrected chi connectivity index (χ4v) is 6.71. The summed E-state index contributed by atoms with van der Waals surface area (Å²) in [4.78, 5) is 25.0. The first kappa shape index (κ1) is 21.9. The molecule has 0 aliphatic carbocycles. The van der Waals surface area contributed by atoms with E-state index in [9.17, 15) is 18.0 Å². The zero-order valence-corrected chi connectivity index (χ0v) is 19.5. The zero-order chi connectivity index (χ0) is 24.2. The van der Waals surface area contributed by atoms with E-state index in [1.54, 1.807) is 47.0 Å². The molecule has 3 aromatic rings. The molecule has 180 valence electrons. The van der Waals surface area contributed by atoms with E-state index in [2.05, 4.69) is 5.32 Å². The van der Waals surface area contributed by atoms with Gasteiger partial charge in [-0.05, 0) is 60.9 Å². The van der Waals surface area contributed by atoms with Crippen LogP contribution in [0.25, 0.3) is 0 Å². The van der Waals surface area contributed by atoms with Gasteiger partial charge < -0.3 is 19.4 Å². The van der Waals surface area contributed by atoms with E-state index in [0.29, 0.717) is 42.4 Å². The lowest BCUT2D eigenvalue weighted by atomic mass is 9.84. The topological polar surface area (TPSA) is 107 Å². The van der Waals surface area contributed by atoms with Crippen molar-refractivity contribution >= 4 is 21.6 Å². The number of amides is 1. The van der Waals surface area contributed by atoms with Crippen LogP contribution >= 0.6 is 0 Å². The Morgan fingerprint density at radius 3 is 2.57 bits per heavy atom. The van der Waals surface area contributed by atoms with Crippen molar-refractivity contribution in [3.63, 3.8) is 0 Å². The van der Waals surface area contributed by atoms with Crippen molar-refractivity contribution in [2.24, 2.45) is 5.92 Å². The molecule has 1 N–H and O–H groups in total. The lowest BCUT2D eigenvalue weighted by Gasteiger charge is -2.42. The number of ether oxygens (including phenoxy) is 2. The number of nitrogens with zero attached hydrogens (tertiary/aromatic N) is 2. The number of hydrogen-bond donors (Lipinski definition) is 1. The van der Waals surface area contributed by atoms with Gasteiger partial charge in [-0.15, -0.1) is 0 Å². The highest BCUT2D eigenvalue weighted by molar-refractivity contribution is 7.89. The van der Waals surface area contributed by atoms with Gasteiger partial charge in [-0.2, -0.15) is 4.31 Å². The molecule has 4 heterocycles. The van der Waals surface area contributed by atoms with Crippen molar-refractivity contribution < 1.29 is 22.7 Å². The van der Waals surface area contributed by atoms with Gasteiger partial charge in [-0.3, -0.25) is 9.59 Å². The second kappa shape index (κ2) is 8.24. The molecular weight excluding hydrogens is 470 g/mol. The lowest BCUT2D eigenvalue weighted by molar-refractivity contribution is 0.102. The fourth-order valence-electron chi connectivity index (χ4n) is 5.15. The van der Waals surface area contributed by atoms with Crippen LogP contribution in [0.1, 0.15) is 28.4 Å². The van der Waals surface area contributed by atoms with Gasteiger partial charge >= 0.3 is 0 Å². The van der Waals surface area contributed by atoms with Crippen molar-refractivity contribution in [1.82, 2.24) is 8.87 Å². The molecule has 0 radical (unpaired) electrons. The minimum Gasteiger partial charge on any atom is -0.454 e. The molecule has 2 unspecified atom stereocenters. The number of pyridine rings is 1. The molecule has 0 spiro atoms. The first-order valence-electron chi connectivity index (χ1n) is 11.4. The Labute approximate surface area is 201 Å². The first-order chi connectivity index (χ1) is 16.9.